The fraction of sp³-hybridized carbons (Fsp3) is 0.583. The van der Waals surface area contributed by atoms with Gasteiger partial charge < -0.3 is 18.7 Å². The Hall–Kier alpha value is -1.27. The summed E-state index contributed by atoms with van der Waals surface area (Å²) in [4.78, 5) is 22.4. The van der Waals surface area contributed by atoms with E-state index in [0.29, 0.717) is 0 Å². The van der Waals surface area contributed by atoms with E-state index >= 15 is 0 Å². The average Bonchev–Trinajstić information content (AvgIpc) is 2.66. The highest BCUT2D eigenvalue weighted by atomic mass is 31.2. The van der Waals surface area contributed by atoms with E-state index in [-0.39, 0.29) is 23.4 Å². The topological polar surface area (TPSA) is 125 Å². The van der Waals surface area contributed by atoms with Gasteiger partial charge in [0.15, 0.2) is 27.8 Å². The van der Waals surface area contributed by atoms with Gasteiger partial charge in [0.25, 0.3) is 5.56 Å². The van der Waals surface area contributed by atoms with Gasteiger partial charge in [0.05, 0.1) is 6.33 Å². The molecule has 9 nitrogen and oxygen atoms in total. The number of nitrogens with one attached hydrogen (secondary N) is 1. The van der Waals surface area contributed by atoms with E-state index in [0.717, 1.165) is 0 Å². The van der Waals surface area contributed by atoms with Crippen molar-refractivity contribution >= 4 is 41.3 Å². The van der Waals surface area contributed by atoms with Crippen LogP contribution in [0.15, 0.2) is 11.1 Å². The fourth-order valence-corrected chi connectivity index (χ4v) is 10.4. The van der Waals surface area contributed by atoms with Gasteiger partial charge in [-0.1, -0.05) is 0 Å². The molecule has 0 aliphatic carbocycles. The smallest absolute Gasteiger partial charge is 0.331 e. The number of nitrogen functional groups attached to an aromatic ring is 1. The number of nitrogens with two attached hydrogens (primary N) is 1. The molecule has 2 rings (SSSR count). The first-order chi connectivity index (χ1) is 10.8. The molecular formula is C12H24N5O4PSi2. The molecule has 0 fully saturated rings. The average molecular weight is 390 g/mol. The zero-order valence-corrected chi connectivity index (χ0v) is 17.7. The Bertz CT molecular complexity index is 832. The van der Waals surface area contributed by atoms with Crippen molar-refractivity contribution in [1.82, 2.24) is 19.5 Å². The second-order valence-electron chi connectivity index (χ2n) is 7.50. The van der Waals surface area contributed by atoms with Crippen LogP contribution in [0.2, 0.25) is 39.3 Å². The molecule has 134 valence electrons. The van der Waals surface area contributed by atoms with Crippen molar-refractivity contribution in [3.63, 3.8) is 0 Å². The minimum atomic E-state index is -3.43. The van der Waals surface area contributed by atoms with Crippen molar-refractivity contribution < 1.29 is 13.0 Å². The van der Waals surface area contributed by atoms with Gasteiger partial charge in [-0.15, -0.1) is 0 Å². The lowest BCUT2D eigenvalue weighted by molar-refractivity contribution is 0.373. The quantitative estimate of drug-likeness (QED) is 0.574. The van der Waals surface area contributed by atoms with Gasteiger partial charge in [-0.05, 0) is 39.3 Å². The Morgan fingerprint density at radius 2 is 1.75 bits per heavy atom. The summed E-state index contributed by atoms with van der Waals surface area (Å²) in [7, 11) is -7.69. The summed E-state index contributed by atoms with van der Waals surface area (Å²) in [5.74, 6) is -0.0266. The summed E-state index contributed by atoms with van der Waals surface area (Å²) in [5, 5.41) is 0. The van der Waals surface area contributed by atoms with E-state index in [9.17, 15) is 9.36 Å². The molecule has 0 saturated heterocycles. The predicted octanol–water partition coefficient (Wildman–Crippen LogP) is 2.56. The van der Waals surface area contributed by atoms with Gasteiger partial charge in [-0.25, -0.2) is 4.98 Å². The minimum Gasteiger partial charge on any atom is -0.369 e. The molecular weight excluding hydrogens is 365 g/mol. The predicted molar refractivity (Wildman–Crippen MR) is 99.0 cm³/mol. The van der Waals surface area contributed by atoms with Crippen LogP contribution < -0.4 is 11.3 Å². The Labute approximate surface area is 142 Å². The summed E-state index contributed by atoms with van der Waals surface area (Å²) in [6, 6.07) is 0. The third-order valence-corrected chi connectivity index (χ3v) is 9.90. The fourth-order valence-electron chi connectivity index (χ4n) is 2.17. The summed E-state index contributed by atoms with van der Waals surface area (Å²) >= 11 is 0. The van der Waals surface area contributed by atoms with E-state index in [4.69, 9.17) is 14.2 Å². The van der Waals surface area contributed by atoms with Crippen molar-refractivity contribution in [2.75, 3.05) is 5.73 Å². The van der Waals surface area contributed by atoms with Crippen molar-refractivity contribution in [1.29, 1.82) is 0 Å². The number of anilines is 1. The second kappa shape index (κ2) is 6.23. The molecule has 2 aromatic rings. The van der Waals surface area contributed by atoms with Crippen molar-refractivity contribution in [3.8, 4) is 0 Å². The lowest BCUT2D eigenvalue weighted by atomic mass is 10.5. The Morgan fingerprint density at radius 1 is 1.21 bits per heavy atom. The van der Waals surface area contributed by atoms with Crippen LogP contribution in [-0.2, 0) is 19.3 Å². The Kier molecular flexibility index (Phi) is 4.95. The van der Waals surface area contributed by atoms with E-state index in [1.54, 1.807) is 0 Å². The maximum absolute atomic E-state index is 13.4. The normalized spacial score (nSPS) is 13.6. The molecule has 0 radical (unpaired) electrons. The van der Waals surface area contributed by atoms with Crippen LogP contribution in [0.5, 0.6) is 0 Å². The highest BCUT2D eigenvalue weighted by molar-refractivity contribution is 7.56. The van der Waals surface area contributed by atoms with Gasteiger partial charge in [-0.3, -0.25) is 14.3 Å². The van der Waals surface area contributed by atoms with E-state index in [2.05, 4.69) is 15.0 Å². The number of imidazole rings is 1. The lowest BCUT2D eigenvalue weighted by Crippen LogP contribution is -2.30. The summed E-state index contributed by atoms with van der Waals surface area (Å²) in [5.41, 5.74) is 5.55. The van der Waals surface area contributed by atoms with Crippen LogP contribution in [0.1, 0.15) is 0 Å². The maximum atomic E-state index is 13.4. The zero-order valence-electron chi connectivity index (χ0n) is 14.8. The summed E-state index contributed by atoms with van der Waals surface area (Å²) in [6.07, 6.45) is 1.34. The maximum Gasteiger partial charge on any atom is 0.331 e. The van der Waals surface area contributed by atoms with Crippen molar-refractivity contribution in [2.24, 2.45) is 0 Å². The van der Waals surface area contributed by atoms with E-state index in [1.807, 2.05) is 39.3 Å². The van der Waals surface area contributed by atoms with Gasteiger partial charge in [0, 0.05) is 0 Å². The van der Waals surface area contributed by atoms with Crippen molar-refractivity contribution in [2.45, 2.75) is 45.6 Å². The number of aromatic nitrogens is 4. The number of hydrogen-bond acceptors (Lipinski definition) is 7. The second-order valence-corrected chi connectivity index (χ2v) is 18.9. The van der Waals surface area contributed by atoms with Gasteiger partial charge in [0.1, 0.15) is 6.29 Å². The first-order valence-corrected chi connectivity index (χ1v) is 16.0. The molecule has 0 bridgehead atoms. The van der Waals surface area contributed by atoms with Gasteiger partial charge in [-0.2, -0.15) is 4.98 Å². The Morgan fingerprint density at radius 3 is 2.25 bits per heavy atom. The molecule has 0 aliphatic rings. The van der Waals surface area contributed by atoms with Gasteiger partial charge >= 0.3 is 7.60 Å². The minimum absolute atomic E-state index is 0.0266. The molecule has 12 heteroatoms. The van der Waals surface area contributed by atoms with Crippen LogP contribution in [-0.4, -0.2) is 36.2 Å². The molecule has 2 aromatic heterocycles. The standard InChI is InChI=1S/C12H24N5O4PSi2/c1-23(2,3)20-22(19,21-24(4,5)6)8-17-7-14-9-10(17)15-12(13)16-11(9)18/h7H,8H2,1-6H3,(H3,13,15,16,18). The third-order valence-electron chi connectivity index (χ3n) is 2.64. The first-order valence-electron chi connectivity index (χ1n) is 7.49. The number of H-pyrrole nitrogens is 1. The monoisotopic (exact) mass is 389 g/mol. The van der Waals surface area contributed by atoms with E-state index in [1.165, 1.54) is 10.9 Å². The highest BCUT2D eigenvalue weighted by Gasteiger charge is 2.37. The van der Waals surface area contributed by atoms with Crippen LogP contribution in [0, 0.1) is 0 Å². The number of nitrogens with zero attached hydrogens (tertiary/aromatic N) is 3. The lowest BCUT2D eigenvalue weighted by Gasteiger charge is -2.31. The van der Waals surface area contributed by atoms with Crippen molar-refractivity contribution in [3.05, 3.63) is 16.7 Å². The van der Waals surface area contributed by atoms with Crippen LogP contribution >= 0.6 is 7.60 Å². The molecule has 2 heterocycles. The largest absolute Gasteiger partial charge is 0.369 e. The third kappa shape index (κ3) is 4.87. The number of aromatic amines is 1. The summed E-state index contributed by atoms with van der Waals surface area (Å²) in [6.45, 7) is 11.7. The molecule has 0 aliphatic heterocycles. The molecule has 3 N–H and O–H groups in total. The van der Waals surface area contributed by atoms with E-state index < -0.39 is 29.8 Å². The van der Waals surface area contributed by atoms with Crippen LogP contribution in [0.25, 0.3) is 11.2 Å². The molecule has 0 saturated carbocycles. The number of hydrogen-bond donors (Lipinski definition) is 2. The highest BCUT2D eigenvalue weighted by Crippen LogP contribution is 2.54. The molecule has 0 aromatic carbocycles. The first kappa shape index (κ1) is 19.1. The molecule has 0 spiro atoms. The molecule has 24 heavy (non-hydrogen) atoms. The molecule has 0 atom stereocenters. The molecule has 0 unspecified atom stereocenters. The zero-order chi connectivity index (χ0) is 18.3. The van der Waals surface area contributed by atoms with Crippen LogP contribution in [0.3, 0.4) is 0 Å². The number of fused-ring (bicyclic) bond motifs is 1. The van der Waals surface area contributed by atoms with Crippen LogP contribution in [0.4, 0.5) is 5.95 Å². The Balaban J connectivity index is 2.47. The number of rotatable bonds is 6. The summed E-state index contributed by atoms with van der Waals surface area (Å²) < 4.78 is 26.7. The molecule has 0 amide bonds. The SMILES string of the molecule is C[Si](C)(C)OP(=O)(Cn1cnc2c(=O)[nH]c(N)nc21)O[Si](C)(C)C. The van der Waals surface area contributed by atoms with Gasteiger partial charge in [0.2, 0.25) is 5.95 Å².